The molecule has 31 heavy (non-hydrogen) atoms. The maximum Gasteiger partial charge on any atom is 0.225 e. The van der Waals surface area contributed by atoms with Crippen LogP contribution in [0.15, 0.2) is 36.4 Å². The fourth-order valence-corrected chi connectivity index (χ4v) is 3.96. The van der Waals surface area contributed by atoms with Crippen molar-refractivity contribution in [2.45, 2.75) is 33.2 Å². The molecule has 1 aliphatic rings. The number of benzene rings is 2. The Bertz CT molecular complexity index is 1140. The molecule has 1 aliphatic heterocycles. The molecule has 0 aliphatic carbocycles. The topological polar surface area (TPSA) is 65.4 Å². The van der Waals surface area contributed by atoms with Crippen molar-refractivity contribution in [2.75, 3.05) is 13.2 Å². The Morgan fingerprint density at radius 3 is 2.58 bits per heavy atom. The van der Waals surface area contributed by atoms with Crippen molar-refractivity contribution in [3.8, 4) is 17.2 Å². The number of nitrogens with zero attached hydrogens (tertiary/aromatic N) is 2. The number of halogens is 2. The minimum absolute atomic E-state index is 0.0812. The molecule has 2 heterocycles. The van der Waals surface area contributed by atoms with Gasteiger partial charge in [-0.2, -0.15) is 5.10 Å². The van der Waals surface area contributed by atoms with Gasteiger partial charge in [0.2, 0.25) is 5.91 Å². The fraction of sp³-hybridized carbons (Fsp3) is 0.304. The summed E-state index contributed by atoms with van der Waals surface area (Å²) in [5.74, 6) is 1.36. The molecular weight excluding hydrogens is 437 g/mol. The molecule has 0 radical (unpaired) electrons. The molecule has 1 atom stereocenters. The third-order valence-electron chi connectivity index (χ3n) is 5.37. The van der Waals surface area contributed by atoms with Gasteiger partial charge in [0.15, 0.2) is 11.5 Å². The Morgan fingerprint density at radius 2 is 1.84 bits per heavy atom. The maximum atomic E-state index is 12.8. The van der Waals surface area contributed by atoms with E-state index >= 15 is 0 Å². The number of aromatic nitrogens is 2. The molecule has 8 heteroatoms. The van der Waals surface area contributed by atoms with E-state index in [9.17, 15) is 4.79 Å². The molecule has 1 unspecified atom stereocenters. The van der Waals surface area contributed by atoms with E-state index in [-0.39, 0.29) is 18.4 Å². The second-order valence-electron chi connectivity index (χ2n) is 7.53. The number of hydrogen-bond donors (Lipinski definition) is 1. The molecular formula is C23H23Cl2N3O3. The first-order valence-electron chi connectivity index (χ1n) is 10.0. The van der Waals surface area contributed by atoms with Gasteiger partial charge in [-0.15, -0.1) is 0 Å². The van der Waals surface area contributed by atoms with E-state index in [0.29, 0.717) is 29.0 Å². The van der Waals surface area contributed by atoms with Crippen molar-refractivity contribution >= 4 is 29.1 Å². The summed E-state index contributed by atoms with van der Waals surface area (Å²) in [6.07, 6.45) is 0.230. The van der Waals surface area contributed by atoms with Crippen LogP contribution in [0.2, 0.25) is 10.0 Å². The van der Waals surface area contributed by atoms with Crippen LogP contribution < -0.4 is 14.8 Å². The van der Waals surface area contributed by atoms with Gasteiger partial charge in [0.25, 0.3) is 0 Å². The Hall–Kier alpha value is -2.70. The molecule has 0 saturated carbocycles. The number of ether oxygens (including phenoxy) is 2. The zero-order valence-electron chi connectivity index (χ0n) is 17.5. The smallest absolute Gasteiger partial charge is 0.225 e. The van der Waals surface area contributed by atoms with Crippen LogP contribution in [-0.2, 0) is 11.2 Å². The number of amides is 1. The number of carbonyl (C=O) groups is 1. The lowest BCUT2D eigenvalue weighted by atomic mass is 10.1. The van der Waals surface area contributed by atoms with Gasteiger partial charge >= 0.3 is 0 Å². The van der Waals surface area contributed by atoms with E-state index in [4.69, 9.17) is 32.7 Å². The fourth-order valence-electron chi connectivity index (χ4n) is 3.66. The largest absolute Gasteiger partial charge is 0.486 e. The van der Waals surface area contributed by atoms with Gasteiger partial charge < -0.3 is 14.8 Å². The molecule has 1 amide bonds. The van der Waals surface area contributed by atoms with E-state index in [1.807, 2.05) is 45.0 Å². The predicted molar refractivity (Wildman–Crippen MR) is 121 cm³/mol. The number of hydrogen-bond acceptors (Lipinski definition) is 4. The lowest BCUT2D eigenvalue weighted by Crippen LogP contribution is -2.28. The second-order valence-corrected chi connectivity index (χ2v) is 8.34. The van der Waals surface area contributed by atoms with Crippen LogP contribution in [0.4, 0.5) is 0 Å². The highest BCUT2D eigenvalue weighted by Crippen LogP contribution is 2.32. The molecule has 0 fully saturated rings. The molecule has 4 rings (SSSR count). The lowest BCUT2D eigenvalue weighted by molar-refractivity contribution is -0.121. The third-order valence-corrected chi connectivity index (χ3v) is 6.11. The molecule has 1 aromatic heterocycles. The van der Waals surface area contributed by atoms with Crippen molar-refractivity contribution < 1.29 is 14.3 Å². The number of nitrogens with one attached hydrogen (secondary N) is 1. The van der Waals surface area contributed by atoms with Crippen LogP contribution in [0.1, 0.15) is 35.5 Å². The average molecular weight is 460 g/mol. The lowest BCUT2D eigenvalue weighted by Gasteiger charge is -2.21. The van der Waals surface area contributed by atoms with Crippen LogP contribution in [0, 0.1) is 13.8 Å². The molecule has 3 aromatic rings. The van der Waals surface area contributed by atoms with Gasteiger partial charge in [0.1, 0.15) is 13.2 Å². The average Bonchev–Trinajstić information content (AvgIpc) is 3.03. The Balaban J connectivity index is 1.48. The summed E-state index contributed by atoms with van der Waals surface area (Å²) in [6.45, 7) is 6.86. The van der Waals surface area contributed by atoms with Crippen LogP contribution >= 0.6 is 23.2 Å². The van der Waals surface area contributed by atoms with Crippen molar-refractivity contribution in [1.29, 1.82) is 0 Å². The highest BCUT2D eigenvalue weighted by atomic mass is 35.5. The Morgan fingerprint density at radius 1 is 1.10 bits per heavy atom. The van der Waals surface area contributed by atoms with Gasteiger partial charge in [-0.05, 0) is 56.7 Å². The Labute approximate surface area is 191 Å². The van der Waals surface area contributed by atoms with Gasteiger partial charge in [-0.1, -0.05) is 29.3 Å². The quantitative estimate of drug-likeness (QED) is 0.583. The van der Waals surface area contributed by atoms with E-state index in [0.717, 1.165) is 34.0 Å². The van der Waals surface area contributed by atoms with E-state index in [1.54, 1.807) is 16.8 Å². The highest BCUT2D eigenvalue weighted by Gasteiger charge is 2.19. The molecule has 6 nitrogen and oxygen atoms in total. The van der Waals surface area contributed by atoms with Crippen molar-refractivity contribution in [1.82, 2.24) is 15.1 Å². The van der Waals surface area contributed by atoms with E-state index < -0.39 is 0 Å². The second kappa shape index (κ2) is 8.81. The van der Waals surface area contributed by atoms with Crippen LogP contribution in [0.25, 0.3) is 5.69 Å². The van der Waals surface area contributed by atoms with E-state index in [2.05, 4.69) is 10.4 Å². The first-order valence-corrected chi connectivity index (χ1v) is 10.8. The highest BCUT2D eigenvalue weighted by molar-refractivity contribution is 6.42. The summed E-state index contributed by atoms with van der Waals surface area (Å²) < 4.78 is 13.0. The first kappa shape index (κ1) is 21.5. The standard InChI is InChI=1S/C23H23Cl2N3O3/c1-13(16-4-7-21-22(10-16)31-9-8-30-21)26-23(29)12-18-14(2)27-28(15(18)3)17-5-6-19(24)20(25)11-17/h4-7,10-11,13H,8-9,12H2,1-3H3,(H,26,29). The number of fused-ring (bicyclic) bond motifs is 1. The molecule has 0 saturated heterocycles. The summed E-state index contributed by atoms with van der Waals surface area (Å²) in [4.78, 5) is 12.8. The normalized spacial score (nSPS) is 13.7. The minimum atomic E-state index is -0.172. The molecule has 162 valence electrons. The van der Waals surface area contributed by atoms with Crippen molar-refractivity contribution in [3.05, 3.63) is 69.0 Å². The SMILES string of the molecule is Cc1nn(-c2ccc(Cl)c(Cl)c2)c(C)c1CC(=O)NC(C)c1ccc2c(c1)OCCO2. The van der Waals surface area contributed by atoms with Crippen LogP contribution in [0.5, 0.6) is 11.5 Å². The third kappa shape index (κ3) is 4.50. The van der Waals surface area contributed by atoms with Gasteiger partial charge in [-0.25, -0.2) is 4.68 Å². The molecule has 2 aromatic carbocycles. The van der Waals surface area contributed by atoms with Crippen LogP contribution in [-0.4, -0.2) is 28.9 Å². The maximum absolute atomic E-state index is 12.8. The minimum Gasteiger partial charge on any atom is -0.486 e. The summed E-state index contributed by atoms with van der Waals surface area (Å²) in [5.41, 5.74) is 4.32. The van der Waals surface area contributed by atoms with Crippen molar-refractivity contribution in [2.24, 2.45) is 0 Å². The zero-order valence-corrected chi connectivity index (χ0v) is 19.0. The summed E-state index contributed by atoms with van der Waals surface area (Å²) in [6, 6.07) is 10.9. The summed E-state index contributed by atoms with van der Waals surface area (Å²) in [7, 11) is 0. The number of rotatable bonds is 5. The number of carbonyl (C=O) groups excluding carboxylic acids is 1. The zero-order chi connectivity index (χ0) is 22.1. The first-order chi connectivity index (χ1) is 14.8. The summed E-state index contributed by atoms with van der Waals surface area (Å²) >= 11 is 12.2. The molecule has 0 spiro atoms. The van der Waals surface area contributed by atoms with Gasteiger partial charge in [0, 0.05) is 11.3 Å². The van der Waals surface area contributed by atoms with Crippen molar-refractivity contribution in [3.63, 3.8) is 0 Å². The van der Waals surface area contributed by atoms with Gasteiger partial charge in [0.05, 0.1) is 33.9 Å². The predicted octanol–water partition coefficient (Wildman–Crippen LogP) is 4.99. The number of aryl methyl sites for hydroxylation is 1. The monoisotopic (exact) mass is 459 g/mol. The van der Waals surface area contributed by atoms with Gasteiger partial charge in [-0.3, -0.25) is 4.79 Å². The Kier molecular flexibility index (Phi) is 6.12. The molecule has 1 N–H and O–H groups in total. The summed E-state index contributed by atoms with van der Waals surface area (Å²) in [5, 5.41) is 8.60. The van der Waals surface area contributed by atoms with E-state index in [1.165, 1.54) is 0 Å². The molecule has 0 bridgehead atoms. The van der Waals surface area contributed by atoms with Crippen LogP contribution in [0.3, 0.4) is 0 Å².